The molecule has 3 rings (SSSR count). The lowest BCUT2D eigenvalue weighted by molar-refractivity contribution is -0.117. The van der Waals surface area contributed by atoms with Crippen LogP contribution in [0.5, 0.6) is 0 Å². The minimum atomic E-state index is -0.607. The second-order valence-corrected chi connectivity index (χ2v) is 5.67. The molecule has 26 heavy (non-hydrogen) atoms. The van der Waals surface area contributed by atoms with Gasteiger partial charge in [-0.1, -0.05) is 24.3 Å². The highest BCUT2D eigenvalue weighted by Crippen LogP contribution is 2.15. The molecule has 0 aliphatic rings. The second-order valence-electron chi connectivity index (χ2n) is 5.67. The maximum atomic E-state index is 12.4. The lowest BCUT2D eigenvalue weighted by atomic mass is 10.1. The van der Waals surface area contributed by atoms with Crippen LogP contribution in [0.1, 0.15) is 26.3 Å². The third-order valence-electron chi connectivity index (χ3n) is 3.81. The van der Waals surface area contributed by atoms with E-state index in [2.05, 4.69) is 20.8 Å². The number of aromatic nitrogens is 2. The monoisotopic (exact) mass is 351 g/mol. The number of fused-ring (bicyclic) bond motifs is 1. The Labute approximate surface area is 148 Å². The van der Waals surface area contributed by atoms with Gasteiger partial charge in [-0.3, -0.25) is 19.5 Å². The first-order valence-electron chi connectivity index (χ1n) is 7.90. The van der Waals surface area contributed by atoms with Crippen LogP contribution in [0.25, 0.3) is 10.9 Å². The fourth-order valence-electron chi connectivity index (χ4n) is 2.48. The van der Waals surface area contributed by atoms with E-state index in [0.717, 1.165) is 10.9 Å². The van der Waals surface area contributed by atoms with Crippen molar-refractivity contribution in [3.05, 3.63) is 65.4 Å². The van der Waals surface area contributed by atoms with E-state index in [-0.39, 0.29) is 18.4 Å². The van der Waals surface area contributed by atoms with Gasteiger partial charge in [-0.05, 0) is 23.8 Å². The van der Waals surface area contributed by atoms with Crippen molar-refractivity contribution in [3.63, 3.8) is 0 Å². The molecule has 3 amide bonds. The van der Waals surface area contributed by atoms with Gasteiger partial charge in [-0.2, -0.15) is 5.10 Å². The van der Waals surface area contributed by atoms with Gasteiger partial charge in [-0.25, -0.2) is 0 Å². The number of rotatable bonds is 6. The van der Waals surface area contributed by atoms with Gasteiger partial charge in [0.1, 0.15) is 0 Å². The van der Waals surface area contributed by atoms with Gasteiger partial charge >= 0.3 is 0 Å². The van der Waals surface area contributed by atoms with Gasteiger partial charge in [0.15, 0.2) is 0 Å². The van der Waals surface area contributed by atoms with Gasteiger partial charge in [0.25, 0.3) is 11.8 Å². The Morgan fingerprint density at radius 1 is 1.00 bits per heavy atom. The van der Waals surface area contributed by atoms with Crippen molar-refractivity contribution < 1.29 is 14.4 Å². The van der Waals surface area contributed by atoms with Crippen LogP contribution < -0.4 is 16.4 Å². The number of primary amides is 1. The maximum absolute atomic E-state index is 12.4. The van der Waals surface area contributed by atoms with Crippen molar-refractivity contribution in [1.29, 1.82) is 0 Å². The normalized spacial score (nSPS) is 10.5. The highest BCUT2D eigenvalue weighted by atomic mass is 16.2. The molecule has 132 valence electrons. The summed E-state index contributed by atoms with van der Waals surface area (Å²) in [6.45, 7) is 0.0995. The molecule has 0 aliphatic carbocycles. The topological polar surface area (TPSA) is 130 Å². The third-order valence-corrected chi connectivity index (χ3v) is 3.81. The van der Waals surface area contributed by atoms with Crippen molar-refractivity contribution in [2.24, 2.45) is 5.73 Å². The van der Waals surface area contributed by atoms with E-state index in [4.69, 9.17) is 5.73 Å². The van der Waals surface area contributed by atoms with Gasteiger partial charge < -0.3 is 16.4 Å². The Morgan fingerprint density at radius 3 is 2.50 bits per heavy atom. The molecule has 0 spiro atoms. The van der Waals surface area contributed by atoms with Gasteiger partial charge in [0.2, 0.25) is 5.91 Å². The van der Waals surface area contributed by atoms with Crippen molar-refractivity contribution in [1.82, 2.24) is 20.8 Å². The smallest absolute Gasteiger partial charge is 0.253 e. The Morgan fingerprint density at radius 2 is 1.77 bits per heavy atom. The zero-order chi connectivity index (χ0) is 18.5. The summed E-state index contributed by atoms with van der Waals surface area (Å²) >= 11 is 0. The third kappa shape index (κ3) is 3.86. The van der Waals surface area contributed by atoms with Crippen LogP contribution >= 0.6 is 0 Å². The molecule has 0 atom stereocenters. The van der Waals surface area contributed by atoms with Gasteiger partial charge in [0.05, 0.1) is 23.8 Å². The fourth-order valence-corrected chi connectivity index (χ4v) is 2.48. The first-order chi connectivity index (χ1) is 12.5. The number of aromatic amines is 1. The number of benzene rings is 2. The Hall–Kier alpha value is -3.68. The number of hydrogen-bond acceptors (Lipinski definition) is 4. The number of para-hydroxylation sites is 1. The van der Waals surface area contributed by atoms with Crippen molar-refractivity contribution in [3.8, 4) is 0 Å². The van der Waals surface area contributed by atoms with E-state index in [1.165, 1.54) is 0 Å². The fraction of sp³-hybridized carbons (Fsp3) is 0.111. The molecule has 8 heteroatoms. The highest BCUT2D eigenvalue weighted by molar-refractivity contribution is 6.05. The van der Waals surface area contributed by atoms with Crippen molar-refractivity contribution in [2.45, 2.75) is 6.54 Å². The van der Waals surface area contributed by atoms with E-state index in [0.29, 0.717) is 23.2 Å². The van der Waals surface area contributed by atoms with Gasteiger partial charge in [-0.15, -0.1) is 0 Å². The number of H-pyrrole nitrogens is 1. The minimum Gasteiger partial charge on any atom is -0.368 e. The van der Waals surface area contributed by atoms with Crippen LogP contribution in [0.4, 0.5) is 0 Å². The summed E-state index contributed by atoms with van der Waals surface area (Å²) in [5.41, 5.74) is 7.43. The molecule has 5 N–H and O–H groups in total. The quantitative estimate of drug-likeness (QED) is 0.521. The van der Waals surface area contributed by atoms with Crippen LogP contribution in [-0.2, 0) is 11.3 Å². The van der Waals surface area contributed by atoms with E-state index < -0.39 is 5.91 Å². The average Bonchev–Trinajstić information content (AvgIpc) is 3.13. The van der Waals surface area contributed by atoms with E-state index in [9.17, 15) is 14.4 Å². The summed E-state index contributed by atoms with van der Waals surface area (Å²) in [5.74, 6) is -1.21. The zero-order valence-corrected chi connectivity index (χ0v) is 13.8. The first-order valence-corrected chi connectivity index (χ1v) is 7.90. The number of nitrogens with two attached hydrogens (primary N) is 1. The van der Waals surface area contributed by atoms with E-state index in [1.54, 1.807) is 42.6 Å². The number of carbonyl (C=O) groups excluding carboxylic acids is 3. The summed E-state index contributed by atoms with van der Waals surface area (Å²) < 4.78 is 0. The Balaban J connectivity index is 1.61. The van der Waals surface area contributed by atoms with Crippen LogP contribution in [0, 0.1) is 0 Å². The summed E-state index contributed by atoms with van der Waals surface area (Å²) in [7, 11) is 0. The Bertz CT molecular complexity index is 962. The average molecular weight is 351 g/mol. The molecule has 0 saturated heterocycles. The zero-order valence-electron chi connectivity index (χ0n) is 13.8. The Kier molecular flexibility index (Phi) is 4.93. The van der Waals surface area contributed by atoms with Crippen LogP contribution in [0.3, 0.4) is 0 Å². The maximum Gasteiger partial charge on any atom is 0.253 e. The molecule has 0 aliphatic heterocycles. The predicted octanol–water partition coefficient (Wildman–Crippen LogP) is 0.708. The highest BCUT2D eigenvalue weighted by Gasteiger charge is 2.11. The van der Waals surface area contributed by atoms with Crippen LogP contribution in [-0.4, -0.2) is 34.5 Å². The van der Waals surface area contributed by atoms with E-state index in [1.807, 2.05) is 6.07 Å². The minimum absolute atomic E-state index is 0.213. The lowest BCUT2D eigenvalue weighted by Crippen LogP contribution is -2.33. The standard InChI is InChI=1S/C18H17N5O3/c19-15(24)10-21-17(25)12-6-4-11(5-7-12)8-20-18(26)14-3-1-2-13-9-22-23-16(13)14/h1-7,9H,8,10H2,(H2,19,24)(H,20,26)(H,21,25)(H,22,23). The molecular formula is C18H17N5O3. The number of hydrogen-bond donors (Lipinski definition) is 4. The number of amides is 3. The lowest BCUT2D eigenvalue weighted by Gasteiger charge is -2.07. The summed E-state index contributed by atoms with van der Waals surface area (Å²) in [6.07, 6.45) is 1.66. The molecule has 1 aromatic heterocycles. The molecule has 2 aromatic carbocycles. The molecule has 0 fully saturated rings. The van der Waals surface area contributed by atoms with Crippen molar-refractivity contribution >= 4 is 28.6 Å². The molecule has 0 saturated carbocycles. The largest absolute Gasteiger partial charge is 0.368 e. The molecule has 1 heterocycles. The van der Waals surface area contributed by atoms with E-state index >= 15 is 0 Å². The van der Waals surface area contributed by atoms with Crippen LogP contribution in [0.15, 0.2) is 48.7 Å². The number of carbonyl (C=O) groups is 3. The predicted molar refractivity (Wildman–Crippen MR) is 95.2 cm³/mol. The summed E-state index contributed by atoms with van der Waals surface area (Å²) in [5, 5.41) is 12.9. The van der Waals surface area contributed by atoms with Crippen molar-refractivity contribution in [2.75, 3.05) is 6.54 Å². The number of nitrogens with one attached hydrogen (secondary N) is 3. The summed E-state index contributed by atoms with van der Waals surface area (Å²) in [4.78, 5) is 34.9. The molecule has 8 nitrogen and oxygen atoms in total. The van der Waals surface area contributed by atoms with Crippen LogP contribution in [0.2, 0.25) is 0 Å². The SMILES string of the molecule is NC(=O)CNC(=O)c1ccc(CNC(=O)c2cccc3cn[nH]c23)cc1. The number of nitrogens with zero attached hydrogens (tertiary/aromatic N) is 1. The molecule has 0 unspecified atom stereocenters. The second kappa shape index (κ2) is 7.47. The molecule has 3 aromatic rings. The molecule has 0 radical (unpaired) electrons. The molecular weight excluding hydrogens is 334 g/mol. The first kappa shape index (κ1) is 17.2. The van der Waals surface area contributed by atoms with Gasteiger partial charge in [0, 0.05) is 17.5 Å². The summed E-state index contributed by atoms with van der Waals surface area (Å²) in [6, 6.07) is 12.1. The molecule has 0 bridgehead atoms.